The summed E-state index contributed by atoms with van der Waals surface area (Å²) in [6, 6.07) is 3.89. The molecule has 1 N–H and O–H groups in total. The Morgan fingerprint density at radius 2 is 2.21 bits per heavy atom. The van der Waals surface area contributed by atoms with Crippen LogP contribution in [0.1, 0.15) is 31.7 Å². The van der Waals surface area contributed by atoms with Crippen LogP contribution in [-0.2, 0) is 0 Å². The van der Waals surface area contributed by atoms with Gasteiger partial charge in [0.05, 0.1) is 6.61 Å². The lowest BCUT2D eigenvalue weighted by Gasteiger charge is -2.06. The average molecular weight is 195 g/mol. The third-order valence-electron chi connectivity index (χ3n) is 1.98. The maximum Gasteiger partial charge on any atom is 0.213 e. The normalized spacial score (nSPS) is 10.6. The molecule has 0 radical (unpaired) electrons. The molecule has 0 aromatic carbocycles. The molecule has 0 unspecified atom stereocenters. The highest BCUT2D eigenvalue weighted by Gasteiger charge is 2.00. The maximum absolute atomic E-state index is 8.56. The maximum atomic E-state index is 8.56. The number of hydrogen-bond acceptors (Lipinski definition) is 3. The van der Waals surface area contributed by atoms with Gasteiger partial charge < -0.3 is 9.84 Å². The van der Waals surface area contributed by atoms with Crippen molar-refractivity contribution in [2.24, 2.45) is 0 Å². The summed E-state index contributed by atoms with van der Waals surface area (Å²) in [5, 5.41) is 8.56. The van der Waals surface area contributed by atoms with E-state index in [-0.39, 0.29) is 6.61 Å². The van der Waals surface area contributed by atoms with Crippen molar-refractivity contribution in [2.45, 2.75) is 26.2 Å². The summed E-state index contributed by atoms with van der Waals surface area (Å²) in [5.41, 5.74) is 1.21. The van der Waals surface area contributed by atoms with Crippen LogP contribution in [0.15, 0.2) is 18.3 Å². The molecule has 1 rings (SSSR count). The number of hydrogen-bond donors (Lipinski definition) is 1. The molecule has 0 saturated heterocycles. The van der Waals surface area contributed by atoms with Crippen molar-refractivity contribution in [1.29, 1.82) is 0 Å². The molecule has 0 fully saturated rings. The van der Waals surface area contributed by atoms with Crippen LogP contribution in [-0.4, -0.2) is 23.3 Å². The number of rotatable bonds is 5. The molecule has 0 bridgehead atoms. The highest BCUT2D eigenvalue weighted by molar-refractivity contribution is 5.20. The number of pyridine rings is 1. The summed E-state index contributed by atoms with van der Waals surface area (Å²) >= 11 is 0. The molecule has 0 amide bonds. The lowest BCUT2D eigenvalue weighted by Crippen LogP contribution is -2.01. The zero-order valence-electron chi connectivity index (χ0n) is 8.73. The largest absolute Gasteiger partial charge is 0.478 e. The Kier molecular flexibility index (Phi) is 4.40. The zero-order valence-corrected chi connectivity index (χ0v) is 8.73. The molecule has 3 nitrogen and oxygen atoms in total. The first-order valence-electron chi connectivity index (χ1n) is 4.93. The Morgan fingerprint density at radius 3 is 2.71 bits per heavy atom. The smallest absolute Gasteiger partial charge is 0.213 e. The lowest BCUT2D eigenvalue weighted by atomic mass is 10.1. The second-order valence-electron chi connectivity index (χ2n) is 3.51. The van der Waals surface area contributed by atoms with Gasteiger partial charge in [-0.25, -0.2) is 4.98 Å². The van der Waals surface area contributed by atoms with Gasteiger partial charge in [0.25, 0.3) is 0 Å². The average Bonchev–Trinajstić information content (AvgIpc) is 2.19. The molecule has 0 spiro atoms. The van der Waals surface area contributed by atoms with E-state index in [0.29, 0.717) is 24.8 Å². The van der Waals surface area contributed by atoms with Gasteiger partial charge in [-0.3, -0.25) is 0 Å². The van der Waals surface area contributed by atoms with Gasteiger partial charge in [0.1, 0.15) is 0 Å². The van der Waals surface area contributed by atoms with Crippen molar-refractivity contribution in [2.75, 3.05) is 13.2 Å². The summed E-state index contributed by atoms with van der Waals surface area (Å²) in [7, 11) is 0. The zero-order chi connectivity index (χ0) is 10.4. The number of aliphatic hydroxyl groups is 1. The summed E-state index contributed by atoms with van der Waals surface area (Å²) < 4.78 is 5.31. The number of nitrogens with zero attached hydrogens (tertiary/aromatic N) is 1. The van der Waals surface area contributed by atoms with Crippen LogP contribution in [0.4, 0.5) is 0 Å². The fourth-order valence-electron chi connectivity index (χ4n) is 1.06. The lowest BCUT2D eigenvalue weighted by molar-refractivity contribution is 0.229. The van der Waals surface area contributed by atoms with Gasteiger partial charge in [0.15, 0.2) is 0 Å². The summed E-state index contributed by atoms with van der Waals surface area (Å²) in [4.78, 5) is 4.17. The highest BCUT2D eigenvalue weighted by atomic mass is 16.5. The first-order chi connectivity index (χ1) is 6.74. The van der Waals surface area contributed by atoms with Crippen LogP contribution < -0.4 is 4.74 Å². The van der Waals surface area contributed by atoms with Gasteiger partial charge >= 0.3 is 0 Å². The monoisotopic (exact) mass is 195 g/mol. The molecule has 14 heavy (non-hydrogen) atoms. The number of ether oxygens (including phenoxy) is 1. The third-order valence-corrected chi connectivity index (χ3v) is 1.98. The number of aromatic nitrogens is 1. The Balaban J connectivity index is 2.47. The van der Waals surface area contributed by atoms with Crippen molar-refractivity contribution in [3.8, 4) is 5.88 Å². The number of aliphatic hydroxyl groups excluding tert-OH is 1. The van der Waals surface area contributed by atoms with Crippen molar-refractivity contribution in [1.82, 2.24) is 4.98 Å². The van der Waals surface area contributed by atoms with E-state index in [9.17, 15) is 0 Å². The van der Waals surface area contributed by atoms with E-state index in [0.717, 1.165) is 0 Å². The van der Waals surface area contributed by atoms with Crippen molar-refractivity contribution < 1.29 is 9.84 Å². The summed E-state index contributed by atoms with van der Waals surface area (Å²) in [6.45, 7) is 4.93. The molecule has 0 saturated carbocycles. The Hall–Kier alpha value is -1.09. The van der Waals surface area contributed by atoms with Gasteiger partial charge in [-0.05, 0) is 11.5 Å². The van der Waals surface area contributed by atoms with E-state index in [4.69, 9.17) is 9.84 Å². The van der Waals surface area contributed by atoms with E-state index >= 15 is 0 Å². The van der Waals surface area contributed by atoms with Gasteiger partial charge in [-0.2, -0.15) is 0 Å². The molecular weight excluding hydrogens is 178 g/mol. The predicted molar refractivity (Wildman–Crippen MR) is 55.5 cm³/mol. The van der Waals surface area contributed by atoms with Gasteiger partial charge in [0.2, 0.25) is 5.88 Å². The quantitative estimate of drug-likeness (QED) is 0.730. The first-order valence-corrected chi connectivity index (χ1v) is 4.93. The molecule has 1 heterocycles. The third kappa shape index (κ3) is 3.34. The van der Waals surface area contributed by atoms with Crippen LogP contribution in [0.5, 0.6) is 5.88 Å². The SMILES string of the molecule is CC(C)c1ccc(OCCCO)nc1. The molecule has 0 atom stereocenters. The Labute approximate surface area is 84.7 Å². The summed E-state index contributed by atoms with van der Waals surface area (Å²) in [5.74, 6) is 1.12. The second kappa shape index (κ2) is 5.60. The molecule has 1 aromatic rings. The fraction of sp³-hybridized carbons (Fsp3) is 0.545. The first kappa shape index (κ1) is 11.0. The minimum Gasteiger partial charge on any atom is -0.478 e. The second-order valence-corrected chi connectivity index (χ2v) is 3.51. The van der Waals surface area contributed by atoms with Gasteiger partial charge in [-0.15, -0.1) is 0 Å². The molecule has 0 aliphatic carbocycles. The summed E-state index contributed by atoms with van der Waals surface area (Å²) in [6.07, 6.45) is 2.48. The molecule has 1 aromatic heterocycles. The van der Waals surface area contributed by atoms with E-state index in [1.165, 1.54) is 5.56 Å². The van der Waals surface area contributed by atoms with Gasteiger partial charge in [0, 0.05) is 25.3 Å². The molecule has 78 valence electrons. The van der Waals surface area contributed by atoms with Crippen LogP contribution in [0, 0.1) is 0 Å². The molecule has 0 aliphatic heterocycles. The highest BCUT2D eigenvalue weighted by Crippen LogP contribution is 2.15. The minimum absolute atomic E-state index is 0.157. The van der Waals surface area contributed by atoms with Crippen LogP contribution >= 0.6 is 0 Å². The minimum atomic E-state index is 0.157. The van der Waals surface area contributed by atoms with Crippen molar-refractivity contribution >= 4 is 0 Å². The standard InChI is InChI=1S/C11H17NO2/c1-9(2)10-4-5-11(12-8-10)14-7-3-6-13/h4-5,8-9,13H,3,6-7H2,1-2H3. The molecule has 3 heteroatoms. The molecule has 0 aliphatic rings. The van der Waals surface area contributed by atoms with Crippen molar-refractivity contribution in [3.05, 3.63) is 23.9 Å². The topological polar surface area (TPSA) is 42.4 Å². The molecular formula is C11H17NO2. The van der Waals surface area contributed by atoms with Crippen molar-refractivity contribution in [3.63, 3.8) is 0 Å². The Morgan fingerprint density at radius 1 is 1.43 bits per heavy atom. The van der Waals surface area contributed by atoms with Gasteiger partial charge in [-0.1, -0.05) is 19.9 Å². The van der Waals surface area contributed by atoms with Crippen LogP contribution in [0.3, 0.4) is 0 Å². The predicted octanol–water partition coefficient (Wildman–Crippen LogP) is 1.97. The van der Waals surface area contributed by atoms with Crippen LogP contribution in [0.25, 0.3) is 0 Å². The van der Waals surface area contributed by atoms with E-state index in [1.54, 1.807) is 0 Å². The van der Waals surface area contributed by atoms with E-state index in [1.807, 2.05) is 18.3 Å². The Bertz CT molecular complexity index is 256. The van der Waals surface area contributed by atoms with E-state index < -0.39 is 0 Å². The van der Waals surface area contributed by atoms with E-state index in [2.05, 4.69) is 18.8 Å². The fourth-order valence-corrected chi connectivity index (χ4v) is 1.06. The van der Waals surface area contributed by atoms with Crippen LogP contribution in [0.2, 0.25) is 0 Å².